The van der Waals surface area contributed by atoms with Crippen LogP contribution in [0.4, 0.5) is 0 Å². The number of carboxylic acid groups (broad SMARTS) is 1. The quantitative estimate of drug-likeness (QED) is 0.646. The maximum Gasteiger partial charge on any atom is 0.339 e. The number of rotatable bonds is 6. The van der Waals surface area contributed by atoms with Crippen LogP contribution in [0, 0.1) is 0 Å². The van der Waals surface area contributed by atoms with Crippen molar-refractivity contribution in [1.82, 2.24) is 0 Å². The predicted octanol–water partition coefficient (Wildman–Crippen LogP) is 0.351. The maximum absolute atomic E-state index is 11.3. The number of carbonyl (C=O) groups excluding carboxylic acids is 1. The van der Waals surface area contributed by atoms with Gasteiger partial charge in [0.2, 0.25) is 0 Å². The number of ether oxygens (including phenoxy) is 2. The molecule has 110 valence electrons. The number of methoxy groups -OCH3 is 1. The van der Waals surface area contributed by atoms with Crippen LogP contribution in [-0.4, -0.2) is 47.1 Å². The Morgan fingerprint density at radius 2 is 1.95 bits per heavy atom. The molecule has 0 aromatic heterocycles. The van der Waals surface area contributed by atoms with Gasteiger partial charge in [-0.3, -0.25) is 0 Å². The van der Waals surface area contributed by atoms with Crippen LogP contribution in [0.1, 0.15) is 28.9 Å². The summed E-state index contributed by atoms with van der Waals surface area (Å²) in [6.07, 6.45) is -3.37. The minimum absolute atomic E-state index is 0.0611. The lowest BCUT2D eigenvalue weighted by atomic mass is 10.0. The molecule has 0 fully saturated rings. The Morgan fingerprint density at radius 1 is 1.30 bits per heavy atom. The Bertz CT molecular complexity index is 497. The first-order valence-electron chi connectivity index (χ1n) is 5.86. The third-order valence-corrected chi connectivity index (χ3v) is 2.62. The number of hydrogen-bond donors (Lipinski definition) is 3. The summed E-state index contributed by atoms with van der Waals surface area (Å²) in [5.74, 6) is -2.12. The summed E-state index contributed by atoms with van der Waals surface area (Å²) >= 11 is 0. The molecular formula is C13H16O7. The Balaban J connectivity index is 3.04. The van der Waals surface area contributed by atoms with Crippen LogP contribution in [0.25, 0.3) is 0 Å². The molecule has 0 bridgehead atoms. The molecule has 7 heteroatoms. The van der Waals surface area contributed by atoms with Crippen molar-refractivity contribution < 1.29 is 34.4 Å². The van der Waals surface area contributed by atoms with Gasteiger partial charge in [0.25, 0.3) is 0 Å². The van der Waals surface area contributed by atoms with Gasteiger partial charge < -0.3 is 24.8 Å². The Labute approximate surface area is 115 Å². The van der Waals surface area contributed by atoms with Crippen molar-refractivity contribution >= 4 is 11.9 Å². The number of aromatic carboxylic acids is 1. The van der Waals surface area contributed by atoms with Gasteiger partial charge in [-0.2, -0.15) is 0 Å². The molecule has 0 spiro atoms. The van der Waals surface area contributed by atoms with Crippen molar-refractivity contribution in [2.45, 2.75) is 19.1 Å². The molecule has 0 aliphatic carbocycles. The molecule has 0 radical (unpaired) electrons. The van der Waals surface area contributed by atoms with Crippen molar-refractivity contribution in [1.29, 1.82) is 0 Å². The number of hydrogen-bond acceptors (Lipinski definition) is 6. The summed E-state index contributed by atoms with van der Waals surface area (Å²) in [5, 5.41) is 28.5. The molecule has 0 saturated carbocycles. The zero-order valence-corrected chi connectivity index (χ0v) is 11.1. The van der Waals surface area contributed by atoms with Crippen molar-refractivity contribution in [3.8, 4) is 5.75 Å². The second-order valence-corrected chi connectivity index (χ2v) is 3.91. The third-order valence-electron chi connectivity index (χ3n) is 2.62. The first-order valence-corrected chi connectivity index (χ1v) is 5.86. The molecule has 1 aromatic carbocycles. The van der Waals surface area contributed by atoms with Crippen LogP contribution in [-0.2, 0) is 9.53 Å². The van der Waals surface area contributed by atoms with E-state index in [1.165, 1.54) is 19.2 Å². The van der Waals surface area contributed by atoms with Gasteiger partial charge in [0, 0.05) is 0 Å². The van der Waals surface area contributed by atoms with Crippen molar-refractivity contribution in [2.75, 3.05) is 13.7 Å². The highest BCUT2D eigenvalue weighted by Gasteiger charge is 2.28. The lowest BCUT2D eigenvalue weighted by molar-refractivity contribution is -0.159. The van der Waals surface area contributed by atoms with Gasteiger partial charge in [-0.15, -0.1) is 0 Å². The fourth-order valence-electron chi connectivity index (χ4n) is 1.62. The lowest BCUT2D eigenvalue weighted by Gasteiger charge is -2.17. The largest absolute Gasteiger partial charge is 0.496 e. The van der Waals surface area contributed by atoms with Crippen LogP contribution in [0.3, 0.4) is 0 Å². The SMILES string of the molecule is CCOC(=O)C(O)C(O)c1ccc(OC)c(C(=O)O)c1. The van der Waals surface area contributed by atoms with E-state index in [0.29, 0.717) is 0 Å². The molecular weight excluding hydrogens is 268 g/mol. The molecule has 2 unspecified atom stereocenters. The van der Waals surface area contributed by atoms with Crippen LogP contribution in [0.5, 0.6) is 5.75 Å². The number of carboxylic acids is 1. The summed E-state index contributed by atoms with van der Waals surface area (Å²) in [6.45, 7) is 1.62. The van der Waals surface area contributed by atoms with E-state index in [9.17, 15) is 19.8 Å². The molecule has 0 saturated heterocycles. The third kappa shape index (κ3) is 3.46. The first-order chi connectivity index (χ1) is 9.42. The van der Waals surface area contributed by atoms with Crippen LogP contribution >= 0.6 is 0 Å². The first kappa shape index (κ1) is 15.9. The highest BCUT2D eigenvalue weighted by molar-refractivity contribution is 5.91. The summed E-state index contributed by atoms with van der Waals surface area (Å²) in [7, 11) is 1.31. The minimum Gasteiger partial charge on any atom is -0.496 e. The molecule has 7 nitrogen and oxygen atoms in total. The standard InChI is InChI=1S/C13H16O7/c1-3-20-13(18)11(15)10(14)7-4-5-9(19-2)8(6-7)12(16)17/h4-6,10-11,14-15H,3H2,1-2H3,(H,16,17). The summed E-state index contributed by atoms with van der Waals surface area (Å²) in [5.41, 5.74) is -0.108. The van der Waals surface area contributed by atoms with Crippen molar-refractivity contribution in [2.24, 2.45) is 0 Å². The topological polar surface area (TPSA) is 113 Å². The Kier molecular flexibility index (Phi) is 5.48. The molecule has 0 heterocycles. The number of benzene rings is 1. The van der Waals surface area contributed by atoms with E-state index in [2.05, 4.69) is 4.74 Å². The van der Waals surface area contributed by atoms with Crippen LogP contribution in [0.15, 0.2) is 18.2 Å². The highest BCUT2D eigenvalue weighted by atomic mass is 16.5. The van der Waals surface area contributed by atoms with Gasteiger partial charge in [0.15, 0.2) is 6.10 Å². The Morgan fingerprint density at radius 3 is 2.45 bits per heavy atom. The highest BCUT2D eigenvalue weighted by Crippen LogP contribution is 2.25. The smallest absolute Gasteiger partial charge is 0.339 e. The molecule has 2 atom stereocenters. The second kappa shape index (κ2) is 6.88. The number of aliphatic hydroxyl groups is 2. The predicted molar refractivity (Wildman–Crippen MR) is 67.6 cm³/mol. The molecule has 0 aliphatic rings. The maximum atomic E-state index is 11.3. The minimum atomic E-state index is -1.79. The molecule has 0 amide bonds. The van der Waals surface area contributed by atoms with E-state index < -0.39 is 24.1 Å². The molecule has 0 aliphatic heterocycles. The zero-order chi connectivity index (χ0) is 15.3. The number of carbonyl (C=O) groups is 2. The van der Waals surface area contributed by atoms with Gasteiger partial charge in [-0.05, 0) is 24.6 Å². The summed E-state index contributed by atoms with van der Waals surface area (Å²) < 4.78 is 9.45. The van der Waals surface area contributed by atoms with Crippen LogP contribution < -0.4 is 4.74 Å². The summed E-state index contributed by atoms with van der Waals surface area (Å²) in [6, 6.07) is 3.83. The van der Waals surface area contributed by atoms with Crippen LogP contribution in [0.2, 0.25) is 0 Å². The fraction of sp³-hybridized carbons (Fsp3) is 0.385. The van der Waals surface area contributed by atoms with Crippen molar-refractivity contribution in [3.05, 3.63) is 29.3 Å². The summed E-state index contributed by atoms with van der Waals surface area (Å²) in [4.78, 5) is 22.4. The average molecular weight is 284 g/mol. The van der Waals surface area contributed by atoms with Gasteiger partial charge in [0.1, 0.15) is 17.4 Å². The molecule has 20 heavy (non-hydrogen) atoms. The average Bonchev–Trinajstić information content (AvgIpc) is 2.45. The van der Waals surface area contributed by atoms with Gasteiger partial charge >= 0.3 is 11.9 Å². The van der Waals surface area contributed by atoms with Gasteiger partial charge in [-0.25, -0.2) is 9.59 Å². The van der Waals surface area contributed by atoms with E-state index in [1.807, 2.05) is 0 Å². The van der Waals surface area contributed by atoms with E-state index in [-0.39, 0.29) is 23.5 Å². The van der Waals surface area contributed by atoms with Crippen molar-refractivity contribution in [3.63, 3.8) is 0 Å². The van der Waals surface area contributed by atoms with E-state index in [1.54, 1.807) is 6.92 Å². The lowest BCUT2D eigenvalue weighted by Crippen LogP contribution is -2.30. The molecule has 1 rings (SSSR count). The zero-order valence-electron chi connectivity index (χ0n) is 11.1. The molecule has 3 N–H and O–H groups in total. The Hall–Kier alpha value is -2.12. The molecule has 1 aromatic rings. The fourth-order valence-corrected chi connectivity index (χ4v) is 1.62. The van der Waals surface area contributed by atoms with E-state index >= 15 is 0 Å². The monoisotopic (exact) mass is 284 g/mol. The van der Waals surface area contributed by atoms with E-state index in [4.69, 9.17) is 9.84 Å². The van der Waals surface area contributed by atoms with E-state index in [0.717, 1.165) is 6.07 Å². The normalized spacial score (nSPS) is 13.4. The van der Waals surface area contributed by atoms with Gasteiger partial charge in [-0.1, -0.05) is 6.07 Å². The number of aliphatic hydroxyl groups excluding tert-OH is 2. The second-order valence-electron chi connectivity index (χ2n) is 3.91. The van der Waals surface area contributed by atoms with Gasteiger partial charge in [0.05, 0.1) is 13.7 Å². The number of esters is 1.